The lowest BCUT2D eigenvalue weighted by atomic mass is 9.82. The van der Waals surface area contributed by atoms with E-state index in [0.29, 0.717) is 23.9 Å². The quantitative estimate of drug-likeness (QED) is 0.463. The normalized spacial score (nSPS) is 24.0. The molecule has 1 spiro atoms. The molecule has 2 saturated carbocycles. The first kappa shape index (κ1) is 23.8. The molecule has 0 aromatic carbocycles. The first-order valence-electron chi connectivity index (χ1n) is 12.4. The van der Waals surface area contributed by atoms with E-state index in [1.807, 2.05) is 12.1 Å². The summed E-state index contributed by atoms with van der Waals surface area (Å²) in [6, 6.07) is 3.50. The van der Waals surface area contributed by atoms with Gasteiger partial charge in [0.15, 0.2) is 11.0 Å². The van der Waals surface area contributed by atoms with Gasteiger partial charge in [-0.1, -0.05) is 50.8 Å². The Hall–Kier alpha value is -2.95. The van der Waals surface area contributed by atoms with Crippen LogP contribution in [0.1, 0.15) is 70.8 Å². The van der Waals surface area contributed by atoms with E-state index in [1.54, 1.807) is 12.4 Å². The van der Waals surface area contributed by atoms with E-state index in [9.17, 15) is 14.4 Å². The van der Waals surface area contributed by atoms with Crippen molar-refractivity contribution in [2.24, 2.45) is 5.92 Å². The fourth-order valence-electron chi connectivity index (χ4n) is 5.55. The van der Waals surface area contributed by atoms with E-state index in [-0.39, 0.29) is 17.7 Å². The Morgan fingerprint density at radius 3 is 2.71 bits per heavy atom. The smallest absolute Gasteiger partial charge is 0.322 e. The van der Waals surface area contributed by atoms with Crippen LogP contribution in [0.4, 0.5) is 4.79 Å². The van der Waals surface area contributed by atoms with Crippen LogP contribution in [0.3, 0.4) is 0 Å². The molecule has 2 aromatic rings. The van der Waals surface area contributed by atoms with Crippen LogP contribution in [0.25, 0.3) is 11.4 Å². The fourth-order valence-corrected chi connectivity index (χ4v) is 6.33. The molecule has 0 bridgehead atoms. The Morgan fingerprint density at radius 2 is 1.97 bits per heavy atom. The number of hydrogen-bond acceptors (Lipinski definition) is 7. The van der Waals surface area contributed by atoms with Gasteiger partial charge in [-0.2, -0.15) is 5.01 Å². The third-order valence-corrected chi connectivity index (χ3v) is 8.36. The van der Waals surface area contributed by atoms with Crippen LogP contribution in [-0.4, -0.2) is 53.9 Å². The third kappa shape index (κ3) is 4.65. The molecule has 4 amide bonds. The summed E-state index contributed by atoms with van der Waals surface area (Å²) in [5.74, 6) is 0.421. The molecule has 3 fully saturated rings. The minimum atomic E-state index is -0.869. The molecule has 1 aliphatic heterocycles. The van der Waals surface area contributed by atoms with E-state index >= 15 is 0 Å². The number of aromatic nitrogens is 4. The number of nitrogens with one attached hydrogen (secondary N) is 2. The van der Waals surface area contributed by atoms with E-state index < -0.39 is 17.5 Å². The van der Waals surface area contributed by atoms with Crippen molar-refractivity contribution in [2.75, 3.05) is 5.75 Å². The number of amides is 4. The highest BCUT2D eigenvalue weighted by Crippen LogP contribution is 2.39. The van der Waals surface area contributed by atoms with Crippen LogP contribution in [0, 0.1) is 5.92 Å². The SMILES string of the molecule is CC1CCCCC1n1c(SCC(=O)NN2C(=O)NC3(CCCCC3)C2=O)nnc1-c1cccnc1. The first-order chi connectivity index (χ1) is 17.0. The van der Waals surface area contributed by atoms with Gasteiger partial charge in [-0.25, -0.2) is 4.79 Å². The monoisotopic (exact) mass is 497 g/mol. The van der Waals surface area contributed by atoms with Gasteiger partial charge in [0, 0.05) is 24.0 Å². The molecular weight excluding hydrogens is 466 g/mol. The summed E-state index contributed by atoms with van der Waals surface area (Å²) in [6.45, 7) is 2.25. The second-order valence-corrected chi connectivity index (χ2v) is 10.7. The van der Waals surface area contributed by atoms with Gasteiger partial charge < -0.3 is 5.32 Å². The Balaban J connectivity index is 1.30. The lowest BCUT2D eigenvalue weighted by molar-refractivity contribution is -0.139. The Bertz CT molecular complexity index is 1100. The van der Waals surface area contributed by atoms with Crippen LogP contribution in [0.2, 0.25) is 0 Å². The van der Waals surface area contributed by atoms with E-state index in [2.05, 4.69) is 37.4 Å². The van der Waals surface area contributed by atoms with Crippen molar-refractivity contribution >= 4 is 29.6 Å². The molecule has 186 valence electrons. The van der Waals surface area contributed by atoms with Gasteiger partial charge in [-0.3, -0.25) is 24.6 Å². The highest BCUT2D eigenvalue weighted by atomic mass is 32.2. The largest absolute Gasteiger partial charge is 0.344 e. The van der Waals surface area contributed by atoms with Gasteiger partial charge in [0.25, 0.3) is 5.91 Å². The summed E-state index contributed by atoms with van der Waals surface area (Å²) >= 11 is 1.27. The molecule has 35 heavy (non-hydrogen) atoms. The summed E-state index contributed by atoms with van der Waals surface area (Å²) in [4.78, 5) is 42.4. The number of carbonyl (C=O) groups excluding carboxylic acids is 3. The Kier molecular flexibility index (Phi) is 6.77. The zero-order valence-corrected chi connectivity index (χ0v) is 20.7. The van der Waals surface area contributed by atoms with Crippen molar-refractivity contribution in [3.63, 3.8) is 0 Å². The van der Waals surface area contributed by atoms with Crippen molar-refractivity contribution < 1.29 is 14.4 Å². The number of thioether (sulfide) groups is 1. The Labute approximate surface area is 208 Å². The van der Waals surface area contributed by atoms with Crippen LogP contribution in [0.15, 0.2) is 29.7 Å². The van der Waals surface area contributed by atoms with Gasteiger partial charge in [-0.15, -0.1) is 10.2 Å². The maximum Gasteiger partial charge on any atom is 0.344 e. The Morgan fingerprint density at radius 1 is 1.17 bits per heavy atom. The van der Waals surface area contributed by atoms with Gasteiger partial charge >= 0.3 is 6.03 Å². The zero-order chi connectivity index (χ0) is 24.4. The topological polar surface area (TPSA) is 122 Å². The summed E-state index contributed by atoms with van der Waals surface area (Å²) in [5, 5.41) is 13.2. The molecule has 2 N–H and O–H groups in total. The van der Waals surface area contributed by atoms with Crippen molar-refractivity contribution in [2.45, 2.75) is 81.4 Å². The molecule has 5 rings (SSSR count). The van der Waals surface area contributed by atoms with Crippen molar-refractivity contribution in [3.8, 4) is 11.4 Å². The molecule has 2 aliphatic carbocycles. The van der Waals surface area contributed by atoms with Crippen LogP contribution < -0.4 is 10.7 Å². The van der Waals surface area contributed by atoms with Gasteiger partial charge in [0.2, 0.25) is 5.91 Å². The number of rotatable bonds is 6. The molecular formula is C24H31N7O3S. The number of hydrazine groups is 1. The van der Waals surface area contributed by atoms with Gasteiger partial charge in [0.05, 0.1) is 5.75 Å². The second-order valence-electron chi connectivity index (χ2n) is 9.78. The highest BCUT2D eigenvalue weighted by molar-refractivity contribution is 7.99. The summed E-state index contributed by atoms with van der Waals surface area (Å²) in [6.07, 6.45) is 12.0. The molecule has 11 heteroatoms. The van der Waals surface area contributed by atoms with Crippen LogP contribution in [-0.2, 0) is 9.59 Å². The van der Waals surface area contributed by atoms with E-state index in [1.165, 1.54) is 18.2 Å². The molecule has 0 radical (unpaired) electrons. The lowest BCUT2D eigenvalue weighted by Gasteiger charge is -2.31. The number of hydrogen-bond donors (Lipinski definition) is 2. The van der Waals surface area contributed by atoms with Crippen molar-refractivity contribution in [1.29, 1.82) is 0 Å². The fraction of sp³-hybridized carbons (Fsp3) is 0.583. The molecule has 2 unspecified atom stereocenters. The molecule has 10 nitrogen and oxygen atoms in total. The van der Waals surface area contributed by atoms with Crippen LogP contribution in [0.5, 0.6) is 0 Å². The standard InChI is InChI=1S/C24H31N7O3S/c1-16-8-3-4-10-18(16)30-20(17-9-7-13-25-14-17)27-28-23(30)35-15-19(32)29-31-21(33)24(26-22(31)34)11-5-2-6-12-24/h7,9,13-14,16,18H,2-6,8,10-12,15H2,1H3,(H,26,34)(H,29,32). The predicted octanol–water partition coefficient (Wildman–Crippen LogP) is 3.47. The third-order valence-electron chi connectivity index (χ3n) is 7.42. The molecule has 3 heterocycles. The number of urea groups is 1. The van der Waals surface area contributed by atoms with Gasteiger partial charge in [0.1, 0.15) is 5.54 Å². The number of nitrogens with zero attached hydrogens (tertiary/aromatic N) is 5. The maximum absolute atomic E-state index is 12.9. The summed E-state index contributed by atoms with van der Waals surface area (Å²) < 4.78 is 2.14. The predicted molar refractivity (Wildman–Crippen MR) is 130 cm³/mol. The molecule has 1 saturated heterocycles. The average molecular weight is 498 g/mol. The van der Waals surface area contributed by atoms with E-state index in [4.69, 9.17) is 0 Å². The summed E-state index contributed by atoms with van der Waals surface area (Å²) in [5.41, 5.74) is 2.52. The van der Waals surface area contributed by atoms with E-state index in [0.717, 1.165) is 54.9 Å². The molecule has 3 aliphatic rings. The minimum Gasteiger partial charge on any atom is -0.322 e. The summed E-state index contributed by atoms with van der Waals surface area (Å²) in [7, 11) is 0. The lowest BCUT2D eigenvalue weighted by Crippen LogP contribution is -2.51. The second kappa shape index (κ2) is 9.96. The molecule has 2 aromatic heterocycles. The first-order valence-corrected chi connectivity index (χ1v) is 13.4. The van der Waals surface area contributed by atoms with Crippen molar-refractivity contribution in [1.82, 2.24) is 35.5 Å². The average Bonchev–Trinajstić information content (AvgIpc) is 3.39. The van der Waals surface area contributed by atoms with Crippen LogP contribution >= 0.6 is 11.8 Å². The number of carbonyl (C=O) groups is 3. The highest BCUT2D eigenvalue weighted by Gasteiger charge is 2.52. The maximum atomic E-state index is 12.9. The number of pyridine rings is 1. The van der Waals surface area contributed by atoms with Gasteiger partial charge in [-0.05, 0) is 43.7 Å². The minimum absolute atomic E-state index is 0.0103. The molecule has 2 atom stereocenters. The zero-order valence-electron chi connectivity index (χ0n) is 19.9. The number of imide groups is 1. The van der Waals surface area contributed by atoms with Crippen molar-refractivity contribution in [3.05, 3.63) is 24.5 Å².